The first-order valence-electron chi connectivity index (χ1n) is 30.4. The fraction of sp³-hybridized carbons (Fsp3) is 0.189. The van der Waals surface area contributed by atoms with Crippen LogP contribution in [0.25, 0.3) is 11.1 Å². The van der Waals surface area contributed by atoms with E-state index in [4.69, 9.17) is 0 Å². The van der Waals surface area contributed by atoms with Gasteiger partial charge in [-0.3, -0.25) is 0 Å². The van der Waals surface area contributed by atoms with Crippen LogP contribution in [0, 0.1) is 0 Å². The van der Waals surface area contributed by atoms with Gasteiger partial charge in [-0.15, -0.1) is 0 Å². The Morgan fingerprint density at radius 1 is 0.229 bits per heavy atom. The number of hydrogen-bond acceptors (Lipinski definition) is 12. The average Bonchev–Trinajstić information content (AvgIpc) is 0.806. The topological polar surface area (TPSA) is 229 Å². The van der Waals surface area contributed by atoms with E-state index in [9.17, 15) is 51.9 Å². The van der Waals surface area contributed by atoms with E-state index in [-0.39, 0.29) is 138 Å². The van der Waals surface area contributed by atoms with E-state index in [0.717, 1.165) is 112 Å². The Hall–Kier alpha value is -3.30. The summed E-state index contributed by atoms with van der Waals surface area (Å²) in [7, 11) is -20.0. The van der Waals surface area contributed by atoms with Crippen LogP contribution in [0.2, 0.25) is 0 Å². The maximum absolute atomic E-state index is 11.5. The maximum atomic E-state index is 11.5. The number of aryl methyl sites for hydroxylation is 8. The molecule has 0 aromatic heterocycles. The molecule has 0 fully saturated rings. The standard InChI is InChI=1S/C74H72O12P2S4.4Na/c75-89(76,77)69-45-29-59(30-46-69)13-5-9-55-21-37-65(38-22-55)87(66-39-23-56(24-40-66)10-6-14-60-31-47-70(48-32-60)90(78,79)80)53-63-17-1-3-19-73(63)74-20-4-2-18-64(74)54-88(67-41-25-57(26-42-67)11-7-15-61-33-49-71(50-34-61)91(81,82)83)68-43-27-58(28-44-68)12-8-16-62-35-51-72(52-36-62)92(84,85)86;;;;/h1-4,17-52H,5-16,53-54H2,(H,75,76,77)(H,78,79,80)(H,81,82,83)(H,84,85,86);;;;/q;4*+1/p-4. The predicted molar refractivity (Wildman–Crippen MR) is 363 cm³/mol. The summed E-state index contributed by atoms with van der Waals surface area (Å²) in [6.07, 6.45) is 11.0. The zero-order valence-electron chi connectivity index (χ0n) is 54.4. The molecule has 0 aliphatic heterocycles. The molecule has 0 unspecified atom stereocenters. The van der Waals surface area contributed by atoms with Gasteiger partial charge in [-0.1, -0.05) is 194 Å². The van der Waals surface area contributed by atoms with Gasteiger partial charge in [-0.2, -0.15) is 0 Å². The van der Waals surface area contributed by atoms with Crippen LogP contribution >= 0.6 is 15.8 Å². The van der Waals surface area contributed by atoms with Crippen molar-refractivity contribution in [3.05, 3.63) is 298 Å². The van der Waals surface area contributed by atoms with Gasteiger partial charge in [-0.05, 0) is 229 Å². The van der Waals surface area contributed by atoms with Crippen LogP contribution in [0.5, 0.6) is 0 Å². The smallest absolute Gasteiger partial charge is 0.744 e. The Balaban J connectivity index is 0.00000364. The van der Waals surface area contributed by atoms with Crippen molar-refractivity contribution in [2.24, 2.45) is 0 Å². The summed E-state index contributed by atoms with van der Waals surface area (Å²) in [5, 5.41) is 4.92. The van der Waals surface area contributed by atoms with Gasteiger partial charge in [0.25, 0.3) is 0 Å². The molecule has 0 atom stereocenters. The second-order valence-electron chi connectivity index (χ2n) is 23.0. The molecule has 0 saturated carbocycles. The summed E-state index contributed by atoms with van der Waals surface area (Å²) in [6.45, 7) is 0. The molecule has 0 saturated heterocycles. The normalized spacial score (nSPS) is 11.7. The van der Waals surface area contributed by atoms with Crippen LogP contribution in [-0.4, -0.2) is 51.9 Å². The first-order valence-corrected chi connectivity index (χ1v) is 39.0. The molecule has 0 aliphatic rings. The molecule has 0 bridgehead atoms. The van der Waals surface area contributed by atoms with Gasteiger partial charge in [-0.25, -0.2) is 33.7 Å². The molecular weight excluding hydrogens is 1360 g/mol. The van der Waals surface area contributed by atoms with Crippen molar-refractivity contribution in [3.8, 4) is 11.1 Å². The summed E-state index contributed by atoms with van der Waals surface area (Å²) < 4.78 is 138. The summed E-state index contributed by atoms with van der Waals surface area (Å²) in [5.74, 6) is 0. The Morgan fingerprint density at radius 2 is 0.396 bits per heavy atom. The molecule has 10 aromatic rings. The molecular formula is C74H68Na4O12P2S4. The molecule has 22 heteroatoms. The Morgan fingerprint density at radius 3 is 0.573 bits per heavy atom. The van der Waals surface area contributed by atoms with Gasteiger partial charge in [0.05, 0.1) is 19.6 Å². The van der Waals surface area contributed by atoms with Gasteiger partial charge in [0.2, 0.25) is 0 Å². The molecule has 0 heterocycles. The Labute approximate surface area is 657 Å². The molecule has 10 rings (SSSR count). The van der Waals surface area contributed by atoms with E-state index in [1.165, 1.54) is 114 Å². The Bertz CT molecular complexity index is 4050. The van der Waals surface area contributed by atoms with Crippen LogP contribution in [0.15, 0.2) is 262 Å². The van der Waals surface area contributed by atoms with E-state index < -0.39 is 56.3 Å². The summed E-state index contributed by atoms with van der Waals surface area (Å²) in [5.41, 5.74) is 13.3. The van der Waals surface area contributed by atoms with Gasteiger partial charge in [0, 0.05) is 12.3 Å². The van der Waals surface area contributed by atoms with Gasteiger partial charge < -0.3 is 18.2 Å². The van der Waals surface area contributed by atoms with Crippen LogP contribution in [0.4, 0.5) is 0 Å². The molecule has 10 aromatic carbocycles. The fourth-order valence-corrected chi connectivity index (χ4v) is 18.0. The van der Waals surface area contributed by atoms with E-state index in [1.807, 2.05) is 0 Å². The summed E-state index contributed by atoms with van der Waals surface area (Å²) >= 11 is 0. The minimum absolute atomic E-state index is 0. The van der Waals surface area contributed by atoms with Crippen molar-refractivity contribution in [2.75, 3.05) is 0 Å². The summed E-state index contributed by atoms with van der Waals surface area (Å²) in [6, 6.07) is 77.7. The van der Waals surface area contributed by atoms with Gasteiger partial charge in [0.15, 0.2) is 0 Å². The van der Waals surface area contributed by atoms with E-state index >= 15 is 0 Å². The molecule has 0 spiro atoms. The van der Waals surface area contributed by atoms with Gasteiger partial charge >= 0.3 is 118 Å². The molecule has 0 amide bonds. The van der Waals surface area contributed by atoms with Crippen molar-refractivity contribution in [2.45, 2.75) is 109 Å². The Kier molecular flexibility index (Phi) is 32.4. The zero-order chi connectivity index (χ0) is 64.9. The number of rotatable bonds is 29. The van der Waals surface area contributed by atoms with E-state index in [2.05, 4.69) is 146 Å². The molecule has 96 heavy (non-hydrogen) atoms. The van der Waals surface area contributed by atoms with E-state index in [0.29, 0.717) is 0 Å². The largest absolute Gasteiger partial charge is 1.00 e. The van der Waals surface area contributed by atoms with Crippen molar-refractivity contribution in [1.29, 1.82) is 0 Å². The van der Waals surface area contributed by atoms with Crippen LogP contribution in [0.1, 0.15) is 81.3 Å². The van der Waals surface area contributed by atoms with Crippen LogP contribution in [-0.2, 0) is 104 Å². The number of hydrogen-bond donors (Lipinski definition) is 0. The third-order valence-corrected chi connectivity index (χ3v) is 24.9. The van der Waals surface area contributed by atoms with Crippen molar-refractivity contribution >= 4 is 77.5 Å². The molecule has 0 N–H and O–H groups in total. The zero-order valence-corrected chi connectivity index (χ0v) is 67.5. The number of benzene rings is 10. The molecule has 0 radical (unpaired) electrons. The monoisotopic (exact) mass is 1430 g/mol. The minimum atomic E-state index is -4.52. The fourth-order valence-electron chi connectivity index (χ4n) is 11.5. The van der Waals surface area contributed by atoms with E-state index in [1.54, 1.807) is 48.5 Å². The SMILES string of the molecule is O=S(=O)([O-])c1ccc(CCCc2ccc(P(Cc3ccccc3-c3ccccc3CP(c3ccc(CCCc4ccc(S(=O)(=O)[O-])cc4)cc3)c3ccc(CCCc4ccc(S(=O)(=O)[O-])cc4)cc3)c3ccc(CCCc4ccc(S(=O)(=O)[O-])cc4)cc3)cc2)cc1.[Na+].[Na+].[Na+].[Na+]. The van der Waals surface area contributed by atoms with Crippen LogP contribution in [0.3, 0.4) is 0 Å². The van der Waals surface area contributed by atoms with Crippen molar-refractivity contribution in [3.63, 3.8) is 0 Å². The first kappa shape index (κ1) is 81.7. The molecule has 12 nitrogen and oxygen atoms in total. The molecule has 474 valence electrons. The van der Waals surface area contributed by atoms with Gasteiger partial charge in [0.1, 0.15) is 40.5 Å². The average molecular weight is 1430 g/mol. The quantitative estimate of drug-likeness (QED) is 0.0363. The van der Waals surface area contributed by atoms with Crippen molar-refractivity contribution < 1.29 is 170 Å². The second kappa shape index (κ2) is 38.1. The van der Waals surface area contributed by atoms with Crippen LogP contribution < -0.4 is 139 Å². The van der Waals surface area contributed by atoms with Crippen molar-refractivity contribution in [1.82, 2.24) is 0 Å². The predicted octanol–water partition coefficient (Wildman–Crippen LogP) is 0.953. The second-order valence-corrected chi connectivity index (χ2v) is 32.9. The maximum Gasteiger partial charge on any atom is 1.00 e. The minimum Gasteiger partial charge on any atom is -0.744 e. The molecule has 0 aliphatic carbocycles. The first-order chi connectivity index (χ1) is 44.1. The summed E-state index contributed by atoms with van der Waals surface area (Å²) in [4.78, 5) is -0.943. The third kappa shape index (κ3) is 23.9. The third-order valence-electron chi connectivity index (χ3n) is 16.5.